The SMILES string of the molecule is C#CCN(CC(F)(F)F)C(=O)c1ccc(-n2cncn2)c(C)c1. The van der Waals surface area contributed by atoms with Gasteiger partial charge in [0.2, 0.25) is 0 Å². The van der Waals surface area contributed by atoms with E-state index in [2.05, 4.69) is 16.0 Å². The van der Waals surface area contributed by atoms with Gasteiger partial charge in [-0.1, -0.05) is 5.92 Å². The van der Waals surface area contributed by atoms with Crippen molar-refractivity contribution in [3.63, 3.8) is 0 Å². The standard InChI is InChI=1S/C15H13F3N4O/c1-3-6-21(8-15(16,17)18)14(23)12-4-5-13(11(2)7-12)22-10-19-9-20-22/h1,4-5,7,9-10H,6,8H2,2H3. The summed E-state index contributed by atoms with van der Waals surface area (Å²) in [5, 5.41) is 3.97. The van der Waals surface area contributed by atoms with Gasteiger partial charge >= 0.3 is 6.18 Å². The molecule has 0 aliphatic rings. The molecule has 0 radical (unpaired) electrons. The number of terminal acetylenes is 1. The van der Waals surface area contributed by atoms with Crippen LogP contribution in [0, 0.1) is 19.3 Å². The summed E-state index contributed by atoms with van der Waals surface area (Å²) in [6.45, 7) is -0.0782. The molecule has 1 amide bonds. The quantitative estimate of drug-likeness (QED) is 0.811. The molecular formula is C15H13F3N4O. The molecule has 2 aromatic rings. The van der Waals surface area contributed by atoms with Crippen LogP contribution in [-0.4, -0.2) is 44.8 Å². The molecule has 5 nitrogen and oxygen atoms in total. The maximum atomic E-state index is 12.6. The van der Waals surface area contributed by atoms with E-state index in [9.17, 15) is 18.0 Å². The summed E-state index contributed by atoms with van der Waals surface area (Å²) in [6.07, 6.45) is 3.38. The fourth-order valence-corrected chi connectivity index (χ4v) is 2.09. The summed E-state index contributed by atoms with van der Waals surface area (Å²) in [5.41, 5.74) is 1.48. The van der Waals surface area contributed by atoms with Crippen molar-refractivity contribution in [1.29, 1.82) is 0 Å². The number of carbonyl (C=O) groups excluding carboxylic acids is 1. The van der Waals surface area contributed by atoms with Crippen LogP contribution in [0.15, 0.2) is 30.9 Å². The van der Waals surface area contributed by atoms with Gasteiger partial charge in [0, 0.05) is 5.56 Å². The lowest BCUT2D eigenvalue weighted by Crippen LogP contribution is -2.39. The molecule has 0 fully saturated rings. The van der Waals surface area contributed by atoms with Crippen molar-refractivity contribution in [2.45, 2.75) is 13.1 Å². The van der Waals surface area contributed by atoms with Gasteiger partial charge in [-0.25, -0.2) is 9.67 Å². The van der Waals surface area contributed by atoms with E-state index in [1.54, 1.807) is 13.0 Å². The van der Waals surface area contributed by atoms with Gasteiger partial charge in [-0.05, 0) is 30.7 Å². The molecule has 0 spiro atoms. The van der Waals surface area contributed by atoms with Crippen molar-refractivity contribution in [1.82, 2.24) is 19.7 Å². The van der Waals surface area contributed by atoms with E-state index in [0.717, 1.165) is 0 Å². The maximum absolute atomic E-state index is 12.6. The van der Waals surface area contributed by atoms with Gasteiger partial charge in [-0.2, -0.15) is 18.3 Å². The largest absolute Gasteiger partial charge is 0.406 e. The molecule has 0 saturated heterocycles. The van der Waals surface area contributed by atoms with Gasteiger partial charge in [0.25, 0.3) is 5.91 Å². The monoisotopic (exact) mass is 322 g/mol. The molecular weight excluding hydrogens is 309 g/mol. The Morgan fingerprint density at radius 3 is 2.70 bits per heavy atom. The van der Waals surface area contributed by atoms with Crippen molar-refractivity contribution in [3.05, 3.63) is 42.0 Å². The minimum atomic E-state index is -4.51. The number of nitrogens with zero attached hydrogens (tertiary/aromatic N) is 4. The first-order valence-electron chi connectivity index (χ1n) is 6.57. The van der Waals surface area contributed by atoms with Crippen molar-refractivity contribution >= 4 is 5.91 Å². The lowest BCUT2D eigenvalue weighted by atomic mass is 10.1. The zero-order valence-electron chi connectivity index (χ0n) is 12.2. The van der Waals surface area contributed by atoms with Crippen LogP contribution in [0.2, 0.25) is 0 Å². The first-order valence-corrected chi connectivity index (χ1v) is 6.57. The van der Waals surface area contributed by atoms with Crippen LogP contribution in [0.5, 0.6) is 0 Å². The summed E-state index contributed by atoms with van der Waals surface area (Å²) in [5.74, 6) is 1.30. The Hall–Kier alpha value is -2.82. The predicted molar refractivity (Wildman–Crippen MR) is 76.9 cm³/mol. The predicted octanol–water partition coefficient (Wildman–Crippen LogP) is 2.21. The summed E-state index contributed by atoms with van der Waals surface area (Å²) in [6, 6.07) is 4.53. The van der Waals surface area contributed by atoms with Crippen LogP contribution in [0.1, 0.15) is 15.9 Å². The van der Waals surface area contributed by atoms with Gasteiger partial charge in [0.05, 0.1) is 12.2 Å². The zero-order valence-corrected chi connectivity index (χ0v) is 12.2. The van der Waals surface area contributed by atoms with E-state index in [0.29, 0.717) is 16.2 Å². The Kier molecular flexibility index (Phi) is 4.69. The Labute approximate surface area is 130 Å². The number of hydrogen-bond acceptors (Lipinski definition) is 3. The number of rotatable bonds is 4. The fourth-order valence-electron chi connectivity index (χ4n) is 2.09. The molecule has 1 aromatic heterocycles. The van der Waals surface area contributed by atoms with E-state index >= 15 is 0 Å². The molecule has 8 heteroatoms. The number of halogens is 3. The van der Waals surface area contributed by atoms with Gasteiger partial charge < -0.3 is 4.90 Å². The highest BCUT2D eigenvalue weighted by atomic mass is 19.4. The number of benzene rings is 1. The molecule has 0 aliphatic carbocycles. The number of hydrogen-bond donors (Lipinski definition) is 0. The van der Waals surface area contributed by atoms with Crippen LogP contribution in [0.25, 0.3) is 5.69 Å². The minimum absolute atomic E-state index is 0.130. The summed E-state index contributed by atoms with van der Waals surface area (Å²) < 4.78 is 39.2. The third-order valence-corrected chi connectivity index (χ3v) is 3.05. The topological polar surface area (TPSA) is 51.0 Å². The Morgan fingerprint density at radius 1 is 1.43 bits per heavy atom. The third kappa shape index (κ3) is 4.10. The number of alkyl halides is 3. The molecule has 1 aromatic carbocycles. The highest BCUT2D eigenvalue weighted by molar-refractivity contribution is 5.95. The molecule has 0 N–H and O–H groups in total. The van der Waals surface area contributed by atoms with Crippen molar-refractivity contribution in [2.75, 3.05) is 13.1 Å². The lowest BCUT2D eigenvalue weighted by Gasteiger charge is -2.22. The van der Waals surface area contributed by atoms with Crippen LogP contribution in [-0.2, 0) is 0 Å². The molecule has 0 saturated carbocycles. The Bertz CT molecular complexity index is 732. The molecule has 23 heavy (non-hydrogen) atoms. The van der Waals surface area contributed by atoms with Crippen LogP contribution in [0.4, 0.5) is 13.2 Å². The van der Waals surface area contributed by atoms with E-state index in [-0.39, 0.29) is 5.56 Å². The summed E-state index contributed by atoms with van der Waals surface area (Å²) in [7, 11) is 0. The first kappa shape index (κ1) is 16.5. The molecule has 0 bridgehead atoms. The third-order valence-electron chi connectivity index (χ3n) is 3.05. The van der Waals surface area contributed by atoms with Gasteiger partial charge in [0.1, 0.15) is 19.2 Å². The summed E-state index contributed by atoms with van der Waals surface area (Å²) >= 11 is 0. The van der Waals surface area contributed by atoms with E-state index in [4.69, 9.17) is 6.42 Å². The van der Waals surface area contributed by atoms with Crippen LogP contribution in [0.3, 0.4) is 0 Å². The Balaban J connectivity index is 2.28. The molecule has 1 heterocycles. The highest BCUT2D eigenvalue weighted by Crippen LogP contribution is 2.20. The van der Waals surface area contributed by atoms with Crippen LogP contribution < -0.4 is 0 Å². The second-order valence-electron chi connectivity index (χ2n) is 4.82. The zero-order chi connectivity index (χ0) is 17.0. The van der Waals surface area contributed by atoms with Gasteiger partial charge in [0.15, 0.2) is 0 Å². The number of aromatic nitrogens is 3. The first-order chi connectivity index (χ1) is 10.8. The smallest absolute Gasteiger partial charge is 0.318 e. The lowest BCUT2D eigenvalue weighted by molar-refractivity contribution is -0.139. The normalized spacial score (nSPS) is 11.1. The Morgan fingerprint density at radius 2 is 2.17 bits per heavy atom. The van der Waals surface area contributed by atoms with E-state index in [1.807, 2.05) is 0 Å². The molecule has 0 unspecified atom stereocenters. The number of aryl methyl sites for hydroxylation is 1. The maximum Gasteiger partial charge on any atom is 0.406 e. The van der Waals surface area contributed by atoms with Gasteiger partial charge in [-0.3, -0.25) is 4.79 Å². The highest BCUT2D eigenvalue weighted by Gasteiger charge is 2.33. The van der Waals surface area contributed by atoms with Gasteiger partial charge in [-0.15, -0.1) is 6.42 Å². The summed E-state index contributed by atoms with van der Waals surface area (Å²) in [4.78, 5) is 16.7. The molecule has 2 rings (SSSR count). The number of carbonyl (C=O) groups is 1. The fraction of sp³-hybridized carbons (Fsp3) is 0.267. The van der Waals surface area contributed by atoms with Crippen molar-refractivity contribution in [3.8, 4) is 18.0 Å². The average Bonchev–Trinajstić information content (AvgIpc) is 2.98. The number of amides is 1. The second-order valence-corrected chi connectivity index (χ2v) is 4.82. The minimum Gasteiger partial charge on any atom is -0.318 e. The molecule has 0 aliphatic heterocycles. The van der Waals surface area contributed by atoms with Crippen LogP contribution >= 0.6 is 0 Å². The molecule has 0 atom stereocenters. The van der Waals surface area contributed by atoms with Crippen molar-refractivity contribution < 1.29 is 18.0 Å². The molecule has 120 valence electrons. The second kappa shape index (κ2) is 6.52. The average molecular weight is 322 g/mol. The van der Waals surface area contributed by atoms with Crippen molar-refractivity contribution in [2.24, 2.45) is 0 Å². The van der Waals surface area contributed by atoms with E-state index in [1.165, 1.54) is 29.5 Å². The van der Waals surface area contributed by atoms with E-state index < -0.39 is 25.2 Å².